The van der Waals surface area contributed by atoms with Gasteiger partial charge >= 0.3 is 0 Å². The summed E-state index contributed by atoms with van der Waals surface area (Å²) in [5.74, 6) is -0.594. The van der Waals surface area contributed by atoms with Gasteiger partial charge in [-0.1, -0.05) is 262 Å². The van der Waals surface area contributed by atoms with Crippen LogP contribution in [0, 0.1) is 0 Å². The summed E-state index contributed by atoms with van der Waals surface area (Å²) in [7, 11) is 0. The lowest BCUT2D eigenvalue weighted by atomic mass is 10.00. The largest absolute Gasteiger partial charge is 0.394 e. The molecule has 384 valence electrons. The Balaban J connectivity index is 3.64. The van der Waals surface area contributed by atoms with Crippen molar-refractivity contribution in [2.24, 2.45) is 0 Å². The second-order valence-electron chi connectivity index (χ2n) is 20.0. The number of nitrogens with one attached hydrogen (secondary N) is 1. The molecular formula is C59H113NO5. The van der Waals surface area contributed by atoms with E-state index in [9.17, 15) is 25.2 Å². The number of hydrogen-bond acceptors (Lipinski definition) is 5. The number of rotatable bonds is 53. The standard InChI is InChI=1S/C59H113NO5/c1-3-5-7-9-11-13-15-17-19-21-23-24-25-26-27-28-29-30-31-32-33-35-37-39-41-43-45-47-49-51-53-57(63)59(65)60-55(54-61)58(64)56(62)52-50-48-46-44-42-40-38-36-34-22-20-18-16-14-12-10-8-6-4-2/h26-27,36,38,44,46,55-58,61-64H,3-25,28-35,37,39-43,45,47-54H2,1-2H3,(H,60,65)/b27-26-,38-36+,46-44+. The lowest BCUT2D eigenvalue weighted by Gasteiger charge is -2.27. The van der Waals surface area contributed by atoms with Gasteiger partial charge in [-0.3, -0.25) is 4.79 Å². The average molecular weight is 917 g/mol. The fraction of sp³-hybridized carbons (Fsp3) is 0.881. The van der Waals surface area contributed by atoms with Crippen LogP contribution in [0.25, 0.3) is 0 Å². The van der Waals surface area contributed by atoms with Gasteiger partial charge in [0, 0.05) is 0 Å². The maximum absolute atomic E-state index is 12.6. The normalized spacial score (nSPS) is 14.0. The average Bonchev–Trinajstić information content (AvgIpc) is 3.31. The first-order chi connectivity index (χ1) is 32.0. The minimum atomic E-state index is -1.29. The summed E-state index contributed by atoms with van der Waals surface area (Å²) < 4.78 is 0. The highest BCUT2D eigenvalue weighted by Crippen LogP contribution is 2.17. The smallest absolute Gasteiger partial charge is 0.249 e. The molecule has 0 spiro atoms. The fourth-order valence-corrected chi connectivity index (χ4v) is 9.01. The molecule has 0 aliphatic rings. The van der Waals surface area contributed by atoms with Gasteiger partial charge in [-0.15, -0.1) is 0 Å². The van der Waals surface area contributed by atoms with Crippen molar-refractivity contribution in [2.45, 2.75) is 327 Å². The molecule has 0 aliphatic carbocycles. The number of amides is 1. The van der Waals surface area contributed by atoms with Crippen molar-refractivity contribution < 1.29 is 25.2 Å². The Hall–Kier alpha value is -1.47. The number of aliphatic hydroxyl groups is 4. The molecular weight excluding hydrogens is 803 g/mol. The first kappa shape index (κ1) is 63.5. The SMILES string of the molecule is CCCCCCCCCCCC/C=C/CC/C=C/CCCC(O)C(O)C(CO)NC(=O)C(O)CCCCCCCCCCCCCCCC/C=C\CCCCCCCCCCCCCC. The van der Waals surface area contributed by atoms with Crippen LogP contribution in [-0.4, -0.2) is 57.3 Å². The maximum Gasteiger partial charge on any atom is 0.249 e. The van der Waals surface area contributed by atoms with E-state index in [1.807, 2.05) is 0 Å². The molecule has 0 saturated carbocycles. The highest BCUT2D eigenvalue weighted by molar-refractivity contribution is 5.80. The summed E-state index contributed by atoms with van der Waals surface area (Å²) in [5, 5.41) is 43.9. The molecule has 6 heteroatoms. The number of carbonyl (C=O) groups is 1. The predicted molar refractivity (Wildman–Crippen MR) is 284 cm³/mol. The van der Waals surface area contributed by atoms with Gasteiger partial charge in [0.1, 0.15) is 12.2 Å². The minimum Gasteiger partial charge on any atom is -0.394 e. The summed E-state index contributed by atoms with van der Waals surface area (Å²) in [4.78, 5) is 12.6. The molecule has 4 atom stereocenters. The summed E-state index contributed by atoms with van der Waals surface area (Å²) in [5.41, 5.74) is 0. The van der Waals surface area contributed by atoms with Crippen LogP contribution < -0.4 is 5.32 Å². The van der Waals surface area contributed by atoms with E-state index in [-0.39, 0.29) is 0 Å². The molecule has 0 aromatic carbocycles. The third-order valence-electron chi connectivity index (χ3n) is 13.6. The van der Waals surface area contributed by atoms with E-state index >= 15 is 0 Å². The number of carbonyl (C=O) groups excluding carboxylic acids is 1. The van der Waals surface area contributed by atoms with Gasteiger partial charge in [0.25, 0.3) is 0 Å². The lowest BCUT2D eigenvalue weighted by Crippen LogP contribution is -2.53. The fourth-order valence-electron chi connectivity index (χ4n) is 9.01. The van der Waals surface area contributed by atoms with E-state index < -0.39 is 36.9 Å². The maximum atomic E-state index is 12.6. The van der Waals surface area contributed by atoms with E-state index in [4.69, 9.17) is 0 Å². The highest BCUT2D eigenvalue weighted by atomic mass is 16.3. The number of allylic oxidation sites excluding steroid dienone is 6. The van der Waals surface area contributed by atoms with Crippen LogP contribution in [0.15, 0.2) is 36.5 Å². The molecule has 5 N–H and O–H groups in total. The Kier molecular flexibility index (Phi) is 52.3. The van der Waals surface area contributed by atoms with Crippen LogP contribution in [0.1, 0.15) is 303 Å². The Morgan fingerprint density at radius 1 is 0.369 bits per heavy atom. The van der Waals surface area contributed by atoms with E-state index in [0.29, 0.717) is 19.3 Å². The minimum absolute atomic E-state index is 0.361. The van der Waals surface area contributed by atoms with Gasteiger partial charge in [-0.05, 0) is 77.0 Å². The molecule has 4 unspecified atom stereocenters. The van der Waals surface area contributed by atoms with Gasteiger partial charge in [0.2, 0.25) is 5.91 Å². The lowest BCUT2D eigenvalue weighted by molar-refractivity contribution is -0.132. The number of unbranched alkanes of at least 4 members (excludes halogenated alkanes) is 38. The van der Waals surface area contributed by atoms with Crippen LogP contribution in [0.3, 0.4) is 0 Å². The molecule has 0 aromatic heterocycles. The zero-order valence-corrected chi connectivity index (χ0v) is 43.5. The van der Waals surface area contributed by atoms with E-state index in [1.54, 1.807) is 0 Å². The van der Waals surface area contributed by atoms with Crippen LogP contribution in [-0.2, 0) is 4.79 Å². The summed E-state index contributed by atoms with van der Waals surface area (Å²) in [6.45, 7) is 4.07. The molecule has 0 saturated heterocycles. The Morgan fingerprint density at radius 2 is 0.646 bits per heavy atom. The molecule has 0 fully saturated rings. The summed E-state index contributed by atoms with van der Waals surface area (Å²) >= 11 is 0. The Labute approximate surface area is 405 Å². The van der Waals surface area contributed by atoms with E-state index in [1.165, 1.54) is 231 Å². The van der Waals surface area contributed by atoms with Gasteiger partial charge in [-0.25, -0.2) is 0 Å². The second kappa shape index (κ2) is 53.5. The highest BCUT2D eigenvalue weighted by Gasteiger charge is 2.28. The molecule has 0 bridgehead atoms. The quantitative estimate of drug-likeness (QED) is 0.0308. The molecule has 0 rings (SSSR count). The first-order valence-corrected chi connectivity index (χ1v) is 28.9. The van der Waals surface area contributed by atoms with E-state index in [0.717, 1.165) is 38.5 Å². The van der Waals surface area contributed by atoms with Crippen molar-refractivity contribution in [2.75, 3.05) is 6.61 Å². The number of aliphatic hydroxyl groups excluding tert-OH is 4. The van der Waals surface area contributed by atoms with Crippen LogP contribution in [0.4, 0.5) is 0 Å². The molecule has 65 heavy (non-hydrogen) atoms. The summed E-state index contributed by atoms with van der Waals surface area (Å²) in [6.07, 6.45) is 66.5. The second-order valence-corrected chi connectivity index (χ2v) is 20.0. The van der Waals surface area contributed by atoms with Crippen molar-refractivity contribution in [3.63, 3.8) is 0 Å². The first-order valence-electron chi connectivity index (χ1n) is 28.9. The van der Waals surface area contributed by atoms with Crippen molar-refractivity contribution in [1.82, 2.24) is 5.32 Å². The van der Waals surface area contributed by atoms with Crippen LogP contribution in [0.5, 0.6) is 0 Å². The molecule has 0 radical (unpaired) electrons. The third-order valence-corrected chi connectivity index (χ3v) is 13.6. The van der Waals surface area contributed by atoms with E-state index in [2.05, 4.69) is 55.6 Å². The van der Waals surface area contributed by atoms with Crippen molar-refractivity contribution in [1.29, 1.82) is 0 Å². The Bertz CT molecular complexity index is 1030. The molecule has 0 heterocycles. The van der Waals surface area contributed by atoms with Gasteiger partial charge in [-0.2, -0.15) is 0 Å². The molecule has 1 amide bonds. The molecule has 0 aliphatic heterocycles. The van der Waals surface area contributed by atoms with Gasteiger partial charge < -0.3 is 25.7 Å². The van der Waals surface area contributed by atoms with Gasteiger partial charge in [0.15, 0.2) is 0 Å². The summed E-state index contributed by atoms with van der Waals surface area (Å²) in [6, 6.07) is -1.01. The number of hydrogen-bond donors (Lipinski definition) is 5. The molecule has 6 nitrogen and oxygen atoms in total. The van der Waals surface area contributed by atoms with Crippen molar-refractivity contribution in [3.05, 3.63) is 36.5 Å². The van der Waals surface area contributed by atoms with Crippen LogP contribution in [0.2, 0.25) is 0 Å². The van der Waals surface area contributed by atoms with Crippen LogP contribution >= 0.6 is 0 Å². The monoisotopic (exact) mass is 916 g/mol. The zero-order chi connectivity index (χ0) is 47.4. The van der Waals surface area contributed by atoms with Gasteiger partial charge in [0.05, 0.1) is 18.8 Å². The topological polar surface area (TPSA) is 110 Å². The van der Waals surface area contributed by atoms with Crippen molar-refractivity contribution in [3.8, 4) is 0 Å². The predicted octanol–water partition coefficient (Wildman–Crippen LogP) is 16.8. The van der Waals surface area contributed by atoms with Crippen molar-refractivity contribution >= 4 is 5.91 Å². The third kappa shape index (κ3) is 47.4. The zero-order valence-electron chi connectivity index (χ0n) is 43.5. The Morgan fingerprint density at radius 3 is 0.969 bits per heavy atom. The molecule has 0 aromatic rings.